The second kappa shape index (κ2) is 3.24. The molecule has 0 amide bonds. The summed E-state index contributed by atoms with van der Waals surface area (Å²) in [4.78, 5) is 0. The van der Waals surface area contributed by atoms with E-state index in [0.717, 1.165) is 0 Å². The van der Waals surface area contributed by atoms with Crippen molar-refractivity contribution in [3.05, 3.63) is 0 Å². The molecular formula is C4H9ClO2. The first-order valence-corrected chi connectivity index (χ1v) is 2.62. The highest BCUT2D eigenvalue weighted by molar-refractivity contribution is 6.20. The molecule has 0 heterocycles. The van der Waals surface area contributed by atoms with Crippen molar-refractivity contribution < 1.29 is 10.2 Å². The number of halogens is 1. The van der Waals surface area contributed by atoms with E-state index in [1.807, 2.05) is 0 Å². The number of hydrogen-bond donors (Lipinski definition) is 2. The summed E-state index contributed by atoms with van der Waals surface area (Å²) >= 11 is 5.30. The van der Waals surface area contributed by atoms with Gasteiger partial charge in [-0.2, -0.15) is 0 Å². The van der Waals surface area contributed by atoms with Crippen molar-refractivity contribution in [1.29, 1.82) is 0 Å². The smallest absolute Gasteiger partial charge is 0.168 e. The van der Waals surface area contributed by atoms with Gasteiger partial charge >= 0.3 is 0 Å². The molecule has 0 aromatic carbocycles. The minimum Gasteiger partial charge on any atom is -0.367 e. The molecule has 0 aliphatic carbocycles. The Balaban J connectivity index is 3.14. The van der Waals surface area contributed by atoms with Crippen LogP contribution < -0.4 is 0 Å². The number of aliphatic hydroxyl groups is 2. The lowest BCUT2D eigenvalue weighted by Crippen LogP contribution is -2.18. The predicted octanol–water partition coefficient (Wildman–Crippen LogP) is 0.314. The Morgan fingerprint density at radius 2 is 2.00 bits per heavy atom. The molecule has 0 aromatic rings. The van der Waals surface area contributed by atoms with Crippen molar-refractivity contribution >= 4 is 11.6 Å². The molecule has 1 unspecified atom stereocenters. The zero-order valence-corrected chi connectivity index (χ0v) is 4.89. The summed E-state index contributed by atoms with van der Waals surface area (Å²) in [5.74, 6) is 0. The lowest BCUT2D eigenvalue weighted by molar-refractivity contribution is -0.0421. The van der Waals surface area contributed by atoms with Gasteiger partial charge in [0.15, 0.2) is 6.29 Å². The van der Waals surface area contributed by atoms with Crippen LogP contribution in [0.15, 0.2) is 0 Å². The maximum atomic E-state index is 8.24. The molecular weight excluding hydrogens is 115 g/mol. The van der Waals surface area contributed by atoms with Crippen LogP contribution >= 0.6 is 11.6 Å². The fourth-order valence-electron chi connectivity index (χ4n) is 0.211. The van der Waals surface area contributed by atoms with Gasteiger partial charge < -0.3 is 10.2 Å². The van der Waals surface area contributed by atoms with Gasteiger partial charge in [-0.3, -0.25) is 0 Å². The lowest BCUT2D eigenvalue weighted by atomic mass is 10.3. The molecule has 7 heavy (non-hydrogen) atoms. The standard InChI is InChI=1S/C4H9ClO2/c1-2-3(5)4(6)7/h3-4,6-7H,2H2,1H3. The van der Waals surface area contributed by atoms with Crippen molar-refractivity contribution in [3.8, 4) is 0 Å². The fraction of sp³-hybridized carbons (Fsp3) is 1.00. The van der Waals surface area contributed by atoms with Crippen LogP contribution in [0.5, 0.6) is 0 Å². The molecule has 2 nitrogen and oxygen atoms in total. The average Bonchev–Trinajstić information content (AvgIpc) is 1.65. The van der Waals surface area contributed by atoms with Gasteiger partial charge in [-0.1, -0.05) is 6.92 Å². The Morgan fingerprint density at radius 1 is 1.57 bits per heavy atom. The molecule has 0 rings (SSSR count). The van der Waals surface area contributed by atoms with Crippen molar-refractivity contribution in [2.75, 3.05) is 0 Å². The molecule has 0 aliphatic heterocycles. The molecule has 0 aliphatic rings. The van der Waals surface area contributed by atoms with Crippen molar-refractivity contribution in [2.24, 2.45) is 0 Å². The monoisotopic (exact) mass is 124 g/mol. The van der Waals surface area contributed by atoms with Gasteiger partial charge in [0.25, 0.3) is 0 Å². The van der Waals surface area contributed by atoms with E-state index in [9.17, 15) is 0 Å². The molecule has 0 radical (unpaired) electrons. The van der Waals surface area contributed by atoms with E-state index in [1.54, 1.807) is 6.92 Å². The third-order valence-corrected chi connectivity index (χ3v) is 1.25. The molecule has 2 N–H and O–H groups in total. The third-order valence-electron chi connectivity index (χ3n) is 0.714. The highest BCUT2D eigenvalue weighted by Crippen LogP contribution is 2.03. The van der Waals surface area contributed by atoms with E-state index in [-0.39, 0.29) is 0 Å². The first-order valence-electron chi connectivity index (χ1n) is 2.18. The normalized spacial score (nSPS) is 15.0. The minimum atomic E-state index is -1.37. The maximum absolute atomic E-state index is 8.24. The Kier molecular flexibility index (Phi) is 3.34. The quantitative estimate of drug-likeness (QED) is 0.411. The van der Waals surface area contributed by atoms with Crippen LogP contribution in [-0.2, 0) is 0 Å². The second-order valence-electron chi connectivity index (χ2n) is 1.34. The summed E-state index contributed by atoms with van der Waals surface area (Å²) in [6.07, 6.45) is -0.786. The fourth-order valence-corrected chi connectivity index (χ4v) is 0.211. The first-order chi connectivity index (χ1) is 3.18. The van der Waals surface area contributed by atoms with Gasteiger partial charge in [0.1, 0.15) is 0 Å². The Hall–Kier alpha value is 0.210. The van der Waals surface area contributed by atoms with Gasteiger partial charge in [-0.25, -0.2) is 0 Å². The van der Waals surface area contributed by atoms with Crippen LogP contribution in [0.4, 0.5) is 0 Å². The summed E-state index contributed by atoms with van der Waals surface area (Å²) in [6, 6.07) is 0. The second-order valence-corrected chi connectivity index (χ2v) is 1.90. The van der Waals surface area contributed by atoms with E-state index in [2.05, 4.69) is 0 Å². The Labute approximate surface area is 47.7 Å². The van der Waals surface area contributed by atoms with Crippen LogP contribution in [-0.4, -0.2) is 21.9 Å². The van der Waals surface area contributed by atoms with E-state index >= 15 is 0 Å². The highest BCUT2D eigenvalue weighted by Gasteiger charge is 2.08. The van der Waals surface area contributed by atoms with Crippen LogP contribution in [0.1, 0.15) is 13.3 Å². The highest BCUT2D eigenvalue weighted by atomic mass is 35.5. The zero-order chi connectivity index (χ0) is 5.86. The third kappa shape index (κ3) is 2.85. The van der Waals surface area contributed by atoms with Gasteiger partial charge in [0.2, 0.25) is 0 Å². The lowest BCUT2D eigenvalue weighted by Gasteiger charge is -2.05. The van der Waals surface area contributed by atoms with Crippen LogP contribution in [0.3, 0.4) is 0 Å². The SMILES string of the molecule is CCC(Cl)C(O)O. The van der Waals surface area contributed by atoms with Gasteiger partial charge in [-0.05, 0) is 6.42 Å². The molecule has 3 heteroatoms. The summed E-state index contributed by atoms with van der Waals surface area (Å²) in [6.45, 7) is 1.79. The zero-order valence-electron chi connectivity index (χ0n) is 4.13. The number of aliphatic hydroxyl groups excluding tert-OH is 1. The van der Waals surface area contributed by atoms with Crippen molar-refractivity contribution in [3.63, 3.8) is 0 Å². The summed E-state index contributed by atoms with van der Waals surface area (Å²) in [5.41, 5.74) is 0. The molecule has 0 bridgehead atoms. The summed E-state index contributed by atoms with van der Waals surface area (Å²) < 4.78 is 0. The molecule has 0 saturated heterocycles. The van der Waals surface area contributed by atoms with Crippen molar-refractivity contribution in [1.82, 2.24) is 0 Å². The minimum absolute atomic E-state index is 0.514. The molecule has 0 aromatic heterocycles. The first kappa shape index (κ1) is 7.21. The van der Waals surface area contributed by atoms with E-state index in [0.29, 0.717) is 6.42 Å². The number of alkyl halides is 1. The Morgan fingerprint density at radius 3 is 2.00 bits per heavy atom. The number of rotatable bonds is 2. The molecule has 0 saturated carbocycles. The van der Waals surface area contributed by atoms with Gasteiger partial charge in [-0.15, -0.1) is 11.6 Å². The maximum Gasteiger partial charge on any atom is 0.168 e. The average molecular weight is 125 g/mol. The summed E-state index contributed by atoms with van der Waals surface area (Å²) in [5, 5.41) is 16.0. The molecule has 44 valence electrons. The van der Waals surface area contributed by atoms with E-state index in [1.165, 1.54) is 0 Å². The topological polar surface area (TPSA) is 40.5 Å². The van der Waals surface area contributed by atoms with Crippen LogP contribution in [0, 0.1) is 0 Å². The predicted molar refractivity (Wildman–Crippen MR) is 28.2 cm³/mol. The molecule has 1 atom stereocenters. The number of hydrogen-bond acceptors (Lipinski definition) is 2. The van der Waals surface area contributed by atoms with Crippen LogP contribution in [0.25, 0.3) is 0 Å². The van der Waals surface area contributed by atoms with Crippen LogP contribution in [0.2, 0.25) is 0 Å². The van der Waals surface area contributed by atoms with Gasteiger partial charge in [0, 0.05) is 0 Å². The van der Waals surface area contributed by atoms with Gasteiger partial charge in [0.05, 0.1) is 5.38 Å². The molecule has 0 fully saturated rings. The molecule has 0 spiro atoms. The van der Waals surface area contributed by atoms with E-state index in [4.69, 9.17) is 21.8 Å². The van der Waals surface area contributed by atoms with E-state index < -0.39 is 11.7 Å². The Bertz CT molecular complexity index is 47.0. The van der Waals surface area contributed by atoms with Crippen molar-refractivity contribution in [2.45, 2.75) is 25.0 Å². The summed E-state index contributed by atoms with van der Waals surface area (Å²) in [7, 11) is 0. The largest absolute Gasteiger partial charge is 0.367 e.